The highest BCUT2D eigenvalue weighted by Gasteiger charge is 2.44. The quantitative estimate of drug-likeness (QED) is 0.0252. The zero-order chi connectivity index (χ0) is 41.9. The van der Waals surface area contributed by atoms with Gasteiger partial charge >= 0.3 is 0 Å². The van der Waals surface area contributed by atoms with Crippen molar-refractivity contribution < 1.29 is 34.1 Å². The number of fused-ring (bicyclic) bond motifs is 1. The van der Waals surface area contributed by atoms with Crippen LogP contribution in [0.2, 0.25) is 0 Å². The van der Waals surface area contributed by atoms with E-state index in [4.69, 9.17) is 44.9 Å². The average Bonchev–Trinajstić information content (AvgIpc) is 3.73. The van der Waals surface area contributed by atoms with E-state index in [-0.39, 0.29) is 43.5 Å². The first kappa shape index (κ1) is 46.3. The van der Waals surface area contributed by atoms with Crippen LogP contribution in [-0.4, -0.2) is 146 Å². The van der Waals surface area contributed by atoms with Gasteiger partial charge in [-0.3, -0.25) is 33.7 Å². The molecule has 1 aliphatic rings. The maximum atomic E-state index is 13.1. The van der Waals surface area contributed by atoms with Gasteiger partial charge in [0.2, 0.25) is 23.6 Å². The van der Waals surface area contributed by atoms with E-state index in [0.717, 1.165) is 0 Å². The summed E-state index contributed by atoms with van der Waals surface area (Å²) in [6.45, 7) is 0.876. The fourth-order valence-corrected chi connectivity index (χ4v) is 6.65. The number of anilines is 1. The molecule has 24 nitrogen and oxygen atoms in total. The summed E-state index contributed by atoms with van der Waals surface area (Å²) in [5, 5.41) is 31.8. The number of rotatable bonds is 25. The van der Waals surface area contributed by atoms with Crippen LogP contribution in [0, 0.1) is 0 Å². The minimum Gasteiger partial charge on any atom is -0.387 e. The Hall–Kier alpha value is -5.08. The van der Waals surface area contributed by atoms with Gasteiger partial charge in [-0.2, -0.15) is 11.8 Å². The van der Waals surface area contributed by atoms with Gasteiger partial charge in [-0.25, -0.2) is 15.0 Å². The first-order valence-electron chi connectivity index (χ1n) is 18.5. The van der Waals surface area contributed by atoms with E-state index in [1.54, 1.807) is 0 Å². The van der Waals surface area contributed by atoms with Crippen LogP contribution in [0.5, 0.6) is 0 Å². The number of hydrogen-bond donors (Lipinski definition) is 13. The average molecular weight is 824 g/mol. The molecule has 0 saturated carbocycles. The highest BCUT2D eigenvalue weighted by atomic mass is 32.2. The Morgan fingerprint density at radius 1 is 0.895 bits per heavy atom. The molecule has 0 spiro atoms. The van der Waals surface area contributed by atoms with E-state index in [1.807, 2.05) is 0 Å². The lowest BCUT2D eigenvalue weighted by molar-refractivity contribution is -0.132. The van der Waals surface area contributed by atoms with Gasteiger partial charge in [0.1, 0.15) is 36.1 Å². The molecular formula is C32H57N17O7S. The Balaban J connectivity index is 1.34. The van der Waals surface area contributed by atoms with Crippen LogP contribution in [-0.2, 0) is 23.9 Å². The topological polar surface area (TPSA) is 417 Å². The SMILES string of the molecule is NCCC[C@H](NC(=O)CNC(=O)[C@@H](N)CCCN=C(N)N)C(=O)N[C@H](CCCNC(N)=NCCCSC[C@H]1O[C@@H](n2cnc3c(N)ncnc32)[C@H](O)[C@@H]1O)C(N)=O. The third-order valence-electron chi connectivity index (χ3n) is 8.72. The van der Waals surface area contributed by atoms with E-state index in [2.05, 4.69) is 46.2 Å². The fraction of sp³-hybridized carbons (Fsp3) is 0.656. The maximum absolute atomic E-state index is 13.1. The number of carbonyl (C=O) groups is 4. The third-order valence-corrected chi connectivity index (χ3v) is 9.86. The number of primary amides is 1. The standard InChI is InChI=1S/C32H57N17O7S/c33-8-1-6-19(47-21(50)13-43-28(54)17(34)5-2-9-40-31(37)38)29(55)48-18(26(36)53)7-3-10-41-32(39)42-11-4-12-57-14-20-23(51)24(52)30(56-20)49-16-46-22-25(35)44-15-45-27(22)49/h15-20,23-24,30,51-52H,1-14,33-34H2,(H2,36,53)(H,43,54)(H,47,50)(H,48,55)(H2,35,44,45)(H4,37,38,40)(H3,39,41,42)/t17-,18+,19-,20+,23+,24+,30+/m0/s1. The number of carbonyl (C=O) groups excluding carboxylic acids is 4. The molecule has 0 bridgehead atoms. The van der Waals surface area contributed by atoms with Gasteiger partial charge in [-0.15, -0.1) is 0 Å². The molecule has 4 amide bonds. The van der Waals surface area contributed by atoms with Crippen molar-refractivity contribution >= 4 is 64.3 Å². The molecule has 2 aromatic heterocycles. The van der Waals surface area contributed by atoms with E-state index < -0.39 is 72.8 Å². The minimum absolute atomic E-state index is 0.0675. The zero-order valence-electron chi connectivity index (χ0n) is 31.7. The van der Waals surface area contributed by atoms with Crippen LogP contribution in [0.15, 0.2) is 22.6 Å². The van der Waals surface area contributed by atoms with Crippen molar-refractivity contribution in [2.24, 2.45) is 44.4 Å². The first-order chi connectivity index (χ1) is 27.2. The number of nitrogen functional groups attached to an aromatic ring is 1. The van der Waals surface area contributed by atoms with E-state index >= 15 is 0 Å². The number of thioether (sulfide) groups is 1. The largest absolute Gasteiger partial charge is 0.387 e. The Kier molecular flexibility index (Phi) is 19.4. The third kappa shape index (κ3) is 15.1. The zero-order valence-corrected chi connectivity index (χ0v) is 32.5. The molecule has 318 valence electrons. The van der Waals surface area contributed by atoms with Gasteiger partial charge in [0.05, 0.1) is 25.0 Å². The number of aromatic nitrogens is 4. The number of hydrogen-bond acceptors (Lipinski definition) is 16. The lowest BCUT2D eigenvalue weighted by atomic mass is 10.1. The number of guanidine groups is 2. The molecule has 2 aromatic rings. The number of ether oxygens (including phenoxy) is 1. The molecule has 0 aliphatic carbocycles. The van der Waals surface area contributed by atoms with Gasteiger partial charge in [-0.1, -0.05) is 0 Å². The van der Waals surface area contributed by atoms with Crippen molar-refractivity contribution in [2.45, 2.75) is 87.6 Å². The number of amides is 4. The lowest BCUT2D eigenvalue weighted by Gasteiger charge is -2.22. The van der Waals surface area contributed by atoms with Crippen LogP contribution in [0.1, 0.15) is 51.2 Å². The van der Waals surface area contributed by atoms with Crippen molar-refractivity contribution in [1.82, 2.24) is 40.8 Å². The summed E-state index contributed by atoms with van der Waals surface area (Å²) in [4.78, 5) is 70.5. The second-order valence-corrected chi connectivity index (χ2v) is 14.3. The number of aliphatic imine (C=N–C) groups is 2. The van der Waals surface area contributed by atoms with Crippen molar-refractivity contribution in [3.05, 3.63) is 12.7 Å². The summed E-state index contributed by atoms with van der Waals surface area (Å²) in [7, 11) is 0. The van der Waals surface area contributed by atoms with E-state index in [9.17, 15) is 29.4 Å². The molecule has 3 rings (SSSR count). The summed E-state index contributed by atoms with van der Waals surface area (Å²) >= 11 is 1.53. The van der Waals surface area contributed by atoms with Gasteiger partial charge in [0.15, 0.2) is 29.6 Å². The second kappa shape index (κ2) is 23.9. The molecule has 1 aliphatic heterocycles. The van der Waals surface area contributed by atoms with E-state index in [0.29, 0.717) is 68.0 Å². The number of aliphatic hydroxyl groups excluding tert-OH is 2. The van der Waals surface area contributed by atoms with Crippen LogP contribution >= 0.6 is 11.8 Å². The molecule has 1 saturated heterocycles. The van der Waals surface area contributed by atoms with Crippen molar-refractivity contribution in [3.63, 3.8) is 0 Å². The summed E-state index contributed by atoms with van der Waals surface area (Å²) in [6, 6.07) is -2.96. The predicted octanol–water partition coefficient (Wildman–Crippen LogP) is -5.47. The minimum atomic E-state index is -1.20. The van der Waals surface area contributed by atoms with Gasteiger partial charge < -0.3 is 76.4 Å². The number of nitrogens with two attached hydrogens (primary N) is 7. The molecule has 0 aromatic carbocycles. The molecule has 20 N–H and O–H groups in total. The number of aliphatic hydroxyl groups is 2. The van der Waals surface area contributed by atoms with Crippen LogP contribution in [0.4, 0.5) is 5.82 Å². The lowest BCUT2D eigenvalue weighted by Crippen LogP contribution is -2.54. The number of nitrogens with zero attached hydrogens (tertiary/aromatic N) is 6. The molecule has 0 radical (unpaired) electrons. The van der Waals surface area contributed by atoms with Crippen LogP contribution < -0.4 is 61.4 Å². The van der Waals surface area contributed by atoms with Crippen LogP contribution in [0.25, 0.3) is 11.2 Å². The molecule has 0 unspecified atom stereocenters. The molecule has 1 fully saturated rings. The van der Waals surface area contributed by atoms with Gasteiger partial charge in [0, 0.05) is 25.4 Å². The summed E-state index contributed by atoms with van der Waals surface area (Å²) in [5.41, 5.74) is 40.2. The van der Waals surface area contributed by atoms with Crippen LogP contribution in [0.3, 0.4) is 0 Å². The van der Waals surface area contributed by atoms with E-state index in [1.165, 1.54) is 29.0 Å². The van der Waals surface area contributed by atoms with Crippen molar-refractivity contribution in [1.29, 1.82) is 0 Å². The predicted molar refractivity (Wildman–Crippen MR) is 214 cm³/mol. The normalized spacial score (nSPS) is 19.7. The van der Waals surface area contributed by atoms with Crippen molar-refractivity contribution in [3.8, 4) is 0 Å². The molecule has 25 heteroatoms. The smallest absolute Gasteiger partial charge is 0.243 e. The monoisotopic (exact) mass is 823 g/mol. The highest BCUT2D eigenvalue weighted by molar-refractivity contribution is 7.99. The Morgan fingerprint density at radius 3 is 2.35 bits per heavy atom. The molecule has 7 atom stereocenters. The fourth-order valence-electron chi connectivity index (χ4n) is 5.64. The first-order valence-corrected chi connectivity index (χ1v) is 19.6. The number of imidazole rings is 1. The molecule has 57 heavy (non-hydrogen) atoms. The van der Waals surface area contributed by atoms with Gasteiger partial charge in [-0.05, 0) is 57.2 Å². The molecular weight excluding hydrogens is 767 g/mol. The molecule has 3 heterocycles. The Morgan fingerprint density at radius 2 is 1.63 bits per heavy atom. The summed E-state index contributed by atoms with van der Waals surface area (Å²) in [6.07, 6.45) is 1.46. The van der Waals surface area contributed by atoms with Crippen molar-refractivity contribution in [2.75, 3.05) is 50.0 Å². The Labute approximate surface area is 333 Å². The maximum Gasteiger partial charge on any atom is 0.243 e. The summed E-state index contributed by atoms with van der Waals surface area (Å²) < 4.78 is 7.48. The Bertz CT molecular complexity index is 1680. The number of nitrogens with one attached hydrogen (secondary N) is 4. The summed E-state index contributed by atoms with van der Waals surface area (Å²) in [5.74, 6) is -1.16. The second-order valence-electron chi connectivity index (χ2n) is 13.2. The highest BCUT2D eigenvalue weighted by Crippen LogP contribution is 2.33. The van der Waals surface area contributed by atoms with Gasteiger partial charge in [0.25, 0.3) is 0 Å².